The molecule has 1 N–H and O–H groups in total. The molecule has 0 saturated carbocycles. The highest BCUT2D eigenvalue weighted by atomic mass is 32.1. The van der Waals surface area contributed by atoms with Crippen molar-refractivity contribution in [3.8, 4) is 0 Å². The number of thiazole rings is 1. The molecule has 22 heavy (non-hydrogen) atoms. The van der Waals surface area contributed by atoms with Crippen molar-refractivity contribution in [2.45, 2.75) is 32.9 Å². The summed E-state index contributed by atoms with van der Waals surface area (Å²) in [6.07, 6.45) is 1.61. The van der Waals surface area contributed by atoms with Gasteiger partial charge in [0.1, 0.15) is 5.01 Å². The van der Waals surface area contributed by atoms with Gasteiger partial charge in [-0.05, 0) is 32.9 Å². The molecule has 3 heterocycles. The molecule has 0 radical (unpaired) electrons. The van der Waals surface area contributed by atoms with Crippen LogP contribution in [-0.2, 0) is 16.9 Å². The number of aromatic nitrogens is 2. The van der Waals surface area contributed by atoms with E-state index >= 15 is 0 Å². The third-order valence-corrected chi connectivity index (χ3v) is 4.88. The summed E-state index contributed by atoms with van der Waals surface area (Å²) in [6.45, 7) is 5.75. The van der Waals surface area contributed by atoms with E-state index < -0.39 is 11.6 Å². The zero-order valence-corrected chi connectivity index (χ0v) is 13.4. The number of pyridine rings is 1. The summed E-state index contributed by atoms with van der Waals surface area (Å²) in [6, 6.07) is 4.89. The van der Waals surface area contributed by atoms with Crippen LogP contribution < -0.4 is 5.32 Å². The van der Waals surface area contributed by atoms with E-state index in [0.29, 0.717) is 5.69 Å². The van der Waals surface area contributed by atoms with E-state index in [1.807, 2.05) is 13.8 Å². The number of carbonyl (C=O) groups excluding carboxylic acids is 2. The number of amides is 3. The van der Waals surface area contributed by atoms with Crippen LogP contribution in [-0.4, -0.2) is 26.8 Å². The minimum absolute atomic E-state index is 0.187. The molecule has 0 bridgehead atoms. The van der Waals surface area contributed by atoms with Crippen LogP contribution in [0.15, 0.2) is 24.4 Å². The maximum Gasteiger partial charge on any atom is 0.325 e. The first kappa shape index (κ1) is 14.6. The number of hydrogen-bond acceptors (Lipinski definition) is 5. The molecule has 6 nitrogen and oxygen atoms in total. The fourth-order valence-electron chi connectivity index (χ4n) is 2.41. The van der Waals surface area contributed by atoms with E-state index in [1.54, 1.807) is 31.3 Å². The first-order valence-electron chi connectivity index (χ1n) is 6.90. The van der Waals surface area contributed by atoms with Crippen LogP contribution in [0.4, 0.5) is 4.79 Å². The van der Waals surface area contributed by atoms with Crippen molar-refractivity contribution >= 4 is 23.3 Å². The number of aryl methyl sites for hydroxylation is 2. The van der Waals surface area contributed by atoms with Crippen LogP contribution in [0.2, 0.25) is 0 Å². The normalized spacial score (nSPS) is 21.3. The zero-order chi connectivity index (χ0) is 15.9. The number of nitrogens with one attached hydrogen (secondary N) is 1. The molecular formula is C15H16N4O2S. The van der Waals surface area contributed by atoms with Crippen molar-refractivity contribution in [1.82, 2.24) is 20.2 Å². The smallest absolute Gasteiger partial charge is 0.318 e. The van der Waals surface area contributed by atoms with E-state index in [-0.39, 0.29) is 12.5 Å². The summed E-state index contributed by atoms with van der Waals surface area (Å²) in [4.78, 5) is 35.8. The largest absolute Gasteiger partial charge is 0.325 e. The molecule has 1 atom stereocenters. The topological polar surface area (TPSA) is 75.2 Å². The van der Waals surface area contributed by atoms with Crippen molar-refractivity contribution < 1.29 is 9.59 Å². The summed E-state index contributed by atoms with van der Waals surface area (Å²) >= 11 is 1.50. The van der Waals surface area contributed by atoms with Crippen molar-refractivity contribution in [3.05, 3.63) is 45.7 Å². The van der Waals surface area contributed by atoms with Gasteiger partial charge in [-0.1, -0.05) is 6.07 Å². The number of urea groups is 1. The maximum atomic E-state index is 12.7. The van der Waals surface area contributed by atoms with Gasteiger partial charge in [0.05, 0.1) is 17.9 Å². The molecule has 3 rings (SSSR count). The quantitative estimate of drug-likeness (QED) is 0.880. The van der Waals surface area contributed by atoms with Crippen LogP contribution in [0, 0.1) is 13.8 Å². The molecule has 1 fully saturated rings. The Hall–Kier alpha value is -2.28. The van der Waals surface area contributed by atoms with Crippen LogP contribution in [0.1, 0.15) is 28.2 Å². The Balaban J connectivity index is 1.88. The summed E-state index contributed by atoms with van der Waals surface area (Å²) in [5, 5.41) is 3.49. The molecule has 0 spiro atoms. The Morgan fingerprint density at radius 3 is 2.68 bits per heavy atom. The Morgan fingerprint density at radius 2 is 2.09 bits per heavy atom. The Labute approximate surface area is 132 Å². The number of nitrogens with zero attached hydrogens (tertiary/aromatic N) is 3. The molecule has 1 saturated heterocycles. The first-order chi connectivity index (χ1) is 10.4. The van der Waals surface area contributed by atoms with Crippen LogP contribution in [0.5, 0.6) is 0 Å². The molecular weight excluding hydrogens is 300 g/mol. The molecule has 0 aliphatic carbocycles. The van der Waals surface area contributed by atoms with E-state index in [2.05, 4.69) is 15.3 Å². The number of carbonyl (C=O) groups is 2. The lowest BCUT2D eigenvalue weighted by molar-refractivity contribution is -0.131. The van der Waals surface area contributed by atoms with E-state index in [9.17, 15) is 9.59 Å². The van der Waals surface area contributed by atoms with Gasteiger partial charge in [-0.2, -0.15) is 0 Å². The van der Waals surface area contributed by atoms with Crippen LogP contribution >= 0.6 is 11.3 Å². The summed E-state index contributed by atoms with van der Waals surface area (Å²) < 4.78 is 0. The number of hydrogen-bond donors (Lipinski definition) is 1. The first-order valence-corrected chi connectivity index (χ1v) is 7.72. The minimum atomic E-state index is -1.13. The highest BCUT2D eigenvalue weighted by Crippen LogP contribution is 2.29. The van der Waals surface area contributed by atoms with Crippen molar-refractivity contribution in [2.24, 2.45) is 0 Å². The fraction of sp³-hybridized carbons (Fsp3) is 0.333. The monoisotopic (exact) mass is 316 g/mol. The Bertz CT molecular complexity index is 724. The van der Waals surface area contributed by atoms with E-state index in [0.717, 1.165) is 15.6 Å². The average Bonchev–Trinajstić information content (AvgIpc) is 2.93. The maximum absolute atomic E-state index is 12.7. The lowest BCUT2D eigenvalue weighted by Crippen LogP contribution is -2.41. The SMILES string of the molecule is Cc1nc(CN2C(=O)NC(C)(c3ccccn3)C2=O)sc1C. The summed E-state index contributed by atoms with van der Waals surface area (Å²) in [5.74, 6) is -0.304. The molecule has 114 valence electrons. The van der Waals surface area contributed by atoms with Gasteiger partial charge in [-0.25, -0.2) is 9.78 Å². The Kier molecular flexibility index (Phi) is 3.44. The average molecular weight is 316 g/mol. The highest BCUT2D eigenvalue weighted by molar-refractivity contribution is 7.11. The lowest BCUT2D eigenvalue weighted by atomic mass is 9.97. The van der Waals surface area contributed by atoms with Gasteiger partial charge in [0.2, 0.25) is 0 Å². The predicted octanol–water partition coefficient (Wildman–Crippen LogP) is 2.12. The van der Waals surface area contributed by atoms with Gasteiger partial charge in [0.25, 0.3) is 5.91 Å². The van der Waals surface area contributed by atoms with E-state index in [4.69, 9.17) is 0 Å². The zero-order valence-electron chi connectivity index (χ0n) is 12.6. The third kappa shape index (κ3) is 2.27. The number of rotatable bonds is 3. The molecule has 3 amide bonds. The molecule has 2 aromatic heterocycles. The Morgan fingerprint density at radius 1 is 1.32 bits per heavy atom. The number of imide groups is 1. The van der Waals surface area contributed by atoms with Crippen LogP contribution in [0.25, 0.3) is 0 Å². The molecule has 1 unspecified atom stereocenters. The van der Waals surface area contributed by atoms with E-state index in [1.165, 1.54) is 16.2 Å². The van der Waals surface area contributed by atoms with Gasteiger partial charge in [0, 0.05) is 11.1 Å². The van der Waals surface area contributed by atoms with Gasteiger partial charge in [-0.15, -0.1) is 11.3 Å². The molecule has 1 aliphatic rings. The van der Waals surface area contributed by atoms with Crippen molar-refractivity contribution in [2.75, 3.05) is 0 Å². The van der Waals surface area contributed by atoms with Gasteiger partial charge in [-0.3, -0.25) is 14.7 Å². The fourth-order valence-corrected chi connectivity index (χ4v) is 3.34. The highest BCUT2D eigenvalue weighted by Gasteiger charge is 2.50. The summed E-state index contributed by atoms with van der Waals surface area (Å²) in [7, 11) is 0. The second kappa shape index (κ2) is 5.17. The minimum Gasteiger partial charge on any atom is -0.318 e. The molecule has 2 aromatic rings. The molecule has 7 heteroatoms. The molecule has 0 aromatic carbocycles. The van der Waals surface area contributed by atoms with Gasteiger partial charge in [0.15, 0.2) is 5.54 Å². The van der Waals surface area contributed by atoms with Crippen molar-refractivity contribution in [1.29, 1.82) is 0 Å². The third-order valence-electron chi connectivity index (χ3n) is 3.82. The second-order valence-electron chi connectivity index (χ2n) is 5.41. The lowest BCUT2D eigenvalue weighted by Gasteiger charge is -2.20. The van der Waals surface area contributed by atoms with Gasteiger partial charge < -0.3 is 5.32 Å². The molecule has 1 aliphatic heterocycles. The van der Waals surface area contributed by atoms with Crippen molar-refractivity contribution in [3.63, 3.8) is 0 Å². The second-order valence-corrected chi connectivity index (χ2v) is 6.70. The summed E-state index contributed by atoms with van der Waals surface area (Å²) in [5.41, 5.74) is 0.335. The van der Waals surface area contributed by atoms with Gasteiger partial charge >= 0.3 is 6.03 Å². The predicted molar refractivity (Wildman–Crippen MR) is 82.3 cm³/mol. The standard InChI is InChI=1S/C15H16N4O2S/c1-9-10(2)22-12(17-9)8-19-13(20)15(3,18-14(19)21)11-6-4-5-7-16-11/h4-7H,8H2,1-3H3,(H,18,21). The van der Waals surface area contributed by atoms with Crippen LogP contribution in [0.3, 0.4) is 0 Å².